The van der Waals surface area contributed by atoms with Crippen LogP contribution in [0.5, 0.6) is 0 Å². The summed E-state index contributed by atoms with van der Waals surface area (Å²) in [6, 6.07) is 6.37. The Hall–Kier alpha value is -1.36. The van der Waals surface area contributed by atoms with Crippen LogP contribution in [-0.2, 0) is 6.54 Å². The van der Waals surface area contributed by atoms with Crippen LogP contribution in [0.15, 0.2) is 29.4 Å². The third-order valence-corrected chi connectivity index (χ3v) is 3.63. The first kappa shape index (κ1) is 9.84. The van der Waals surface area contributed by atoms with Crippen LogP contribution in [0.25, 0.3) is 11.4 Å². The summed E-state index contributed by atoms with van der Waals surface area (Å²) in [5.74, 6) is 0.597. The number of thioether (sulfide) groups is 1. The van der Waals surface area contributed by atoms with Gasteiger partial charge in [-0.25, -0.2) is 4.39 Å². The van der Waals surface area contributed by atoms with Crippen molar-refractivity contribution in [3.63, 3.8) is 0 Å². The van der Waals surface area contributed by atoms with Gasteiger partial charge in [-0.05, 0) is 24.3 Å². The van der Waals surface area contributed by atoms with E-state index in [2.05, 4.69) is 21.7 Å². The van der Waals surface area contributed by atoms with Gasteiger partial charge in [-0.3, -0.25) is 0 Å². The number of hydrogen-bond donors (Lipinski definition) is 0. The van der Waals surface area contributed by atoms with Gasteiger partial charge in [0.25, 0.3) is 0 Å². The number of fused-ring (bicyclic) bond motifs is 1. The molecular weight excluding hydrogens is 225 g/mol. The molecule has 0 saturated carbocycles. The number of benzene rings is 1. The first-order valence-corrected chi connectivity index (χ1v) is 5.98. The van der Waals surface area contributed by atoms with Crippen molar-refractivity contribution in [1.82, 2.24) is 14.8 Å². The Kier molecular flexibility index (Phi) is 2.21. The molecule has 3 rings (SSSR count). The Bertz CT molecular complexity index is 521. The van der Waals surface area contributed by atoms with Crippen LogP contribution < -0.4 is 0 Å². The largest absolute Gasteiger partial charge is 0.301 e. The van der Waals surface area contributed by atoms with E-state index in [9.17, 15) is 4.39 Å². The van der Waals surface area contributed by atoms with Crippen LogP contribution in [-0.4, -0.2) is 20.0 Å². The summed E-state index contributed by atoms with van der Waals surface area (Å²) in [5, 5.41) is 9.75. The predicted molar refractivity (Wildman–Crippen MR) is 60.7 cm³/mol. The topological polar surface area (TPSA) is 30.7 Å². The highest BCUT2D eigenvalue weighted by molar-refractivity contribution is 7.99. The summed E-state index contributed by atoms with van der Waals surface area (Å²) in [7, 11) is 0. The maximum Gasteiger partial charge on any atom is 0.191 e. The van der Waals surface area contributed by atoms with Crippen molar-refractivity contribution in [3.05, 3.63) is 30.1 Å². The molecule has 0 aliphatic carbocycles. The lowest BCUT2D eigenvalue weighted by atomic mass is 10.2. The maximum absolute atomic E-state index is 12.8. The molecule has 2 heterocycles. The summed E-state index contributed by atoms with van der Waals surface area (Å²) in [6.45, 7) is 3.08. The molecule has 3 nitrogen and oxygen atoms in total. The van der Waals surface area contributed by atoms with Crippen LogP contribution in [0.4, 0.5) is 4.39 Å². The maximum atomic E-state index is 12.8. The van der Waals surface area contributed by atoms with Gasteiger partial charge in [-0.15, -0.1) is 10.2 Å². The highest BCUT2D eigenvalue weighted by Crippen LogP contribution is 2.33. The number of nitrogens with zero attached hydrogens (tertiary/aromatic N) is 3. The molecule has 0 fully saturated rings. The van der Waals surface area contributed by atoms with Gasteiger partial charge < -0.3 is 4.57 Å². The van der Waals surface area contributed by atoms with Gasteiger partial charge in [0.1, 0.15) is 5.82 Å². The summed E-state index contributed by atoms with van der Waals surface area (Å²) >= 11 is 1.72. The van der Waals surface area contributed by atoms with Crippen LogP contribution in [0.3, 0.4) is 0 Å². The molecule has 1 aliphatic rings. The molecule has 82 valence electrons. The quantitative estimate of drug-likeness (QED) is 0.761. The van der Waals surface area contributed by atoms with Crippen molar-refractivity contribution in [1.29, 1.82) is 0 Å². The lowest BCUT2D eigenvalue weighted by Gasteiger charge is -2.03. The molecule has 2 aromatic rings. The van der Waals surface area contributed by atoms with Crippen LogP contribution in [0, 0.1) is 5.82 Å². The number of aromatic nitrogens is 3. The Morgan fingerprint density at radius 2 is 2.06 bits per heavy atom. The third kappa shape index (κ3) is 1.51. The van der Waals surface area contributed by atoms with Crippen LogP contribution in [0.2, 0.25) is 0 Å². The second kappa shape index (κ2) is 3.59. The minimum absolute atomic E-state index is 0.229. The van der Waals surface area contributed by atoms with Crippen molar-refractivity contribution >= 4 is 11.8 Å². The molecule has 5 heteroatoms. The third-order valence-electron chi connectivity index (χ3n) is 2.57. The molecule has 0 spiro atoms. The van der Waals surface area contributed by atoms with Crippen molar-refractivity contribution < 1.29 is 4.39 Å². The van der Waals surface area contributed by atoms with Crippen molar-refractivity contribution in [2.75, 3.05) is 0 Å². The molecule has 1 aromatic heterocycles. The molecule has 0 unspecified atom stereocenters. The van der Waals surface area contributed by atoms with E-state index in [0.29, 0.717) is 5.25 Å². The summed E-state index contributed by atoms with van der Waals surface area (Å²) < 4.78 is 14.9. The Morgan fingerprint density at radius 1 is 1.31 bits per heavy atom. The fourth-order valence-corrected chi connectivity index (χ4v) is 2.79. The molecule has 0 saturated heterocycles. The van der Waals surface area contributed by atoms with E-state index in [0.717, 1.165) is 23.1 Å². The average molecular weight is 235 g/mol. The van der Waals surface area contributed by atoms with E-state index < -0.39 is 0 Å². The molecular formula is C11H10FN3S. The fraction of sp³-hybridized carbons (Fsp3) is 0.273. The number of rotatable bonds is 1. The van der Waals surface area contributed by atoms with Gasteiger partial charge in [-0.2, -0.15) is 0 Å². The minimum atomic E-state index is -0.229. The van der Waals surface area contributed by atoms with Gasteiger partial charge in [0.2, 0.25) is 0 Å². The van der Waals surface area contributed by atoms with Crippen LogP contribution >= 0.6 is 11.8 Å². The molecule has 0 radical (unpaired) electrons. The first-order valence-electron chi connectivity index (χ1n) is 5.10. The lowest BCUT2D eigenvalue weighted by molar-refractivity contribution is 0.627. The molecule has 0 N–H and O–H groups in total. The smallest absolute Gasteiger partial charge is 0.191 e. The molecule has 0 amide bonds. The lowest BCUT2D eigenvalue weighted by Crippen LogP contribution is -2.02. The van der Waals surface area contributed by atoms with E-state index in [4.69, 9.17) is 0 Å². The van der Waals surface area contributed by atoms with E-state index in [-0.39, 0.29) is 5.82 Å². The van der Waals surface area contributed by atoms with Crippen LogP contribution in [0.1, 0.15) is 6.92 Å². The normalized spacial score (nSPS) is 18.8. The second-order valence-corrected chi connectivity index (χ2v) is 5.26. The first-order chi connectivity index (χ1) is 7.74. The molecule has 1 atom stereocenters. The summed E-state index contributed by atoms with van der Waals surface area (Å²) in [4.78, 5) is 0. The standard InChI is InChI=1S/C11H10FN3S/c1-7-6-15-10(13-14-11(15)16-7)8-2-4-9(12)5-3-8/h2-5,7H,6H2,1H3/t7-/m0/s1. The molecule has 1 aromatic carbocycles. The summed E-state index contributed by atoms with van der Waals surface area (Å²) in [6.07, 6.45) is 0. The monoisotopic (exact) mass is 235 g/mol. The van der Waals surface area contributed by atoms with Gasteiger partial charge in [-0.1, -0.05) is 18.7 Å². The highest BCUT2D eigenvalue weighted by atomic mass is 32.2. The average Bonchev–Trinajstić information content (AvgIpc) is 2.78. The van der Waals surface area contributed by atoms with Gasteiger partial charge >= 0.3 is 0 Å². The van der Waals surface area contributed by atoms with E-state index in [1.165, 1.54) is 12.1 Å². The Balaban J connectivity index is 2.05. The fourth-order valence-electron chi connectivity index (χ4n) is 1.83. The minimum Gasteiger partial charge on any atom is -0.301 e. The van der Waals surface area contributed by atoms with Gasteiger partial charge in [0.15, 0.2) is 11.0 Å². The highest BCUT2D eigenvalue weighted by Gasteiger charge is 2.24. The van der Waals surface area contributed by atoms with E-state index >= 15 is 0 Å². The second-order valence-electron chi connectivity index (χ2n) is 3.85. The Morgan fingerprint density at radius 3 is 2.81 bits per heavy atom. The van der Waals surface area contributed by atoms with Crippen molar-refractivity contribution in [3.8, 4) is 11.4 Å². The van der Waals surface area contributed by atoms with E-state index in [1.54, 1.807) is 23.9 Å². The predicted octanol–water partition coefficient (Wildman–Crippen LogP) is 2.58. The van der Waals surface area contributed by atoms with E-state index in [1.807, 2.05) is 0 Å². The zero-order chi connectivity index (χ0) is 11.1. The molecule has 1 aliphatic heterocycles. The number of halogens is 1. The van der Waals surface area contributed by atoms with Crippen molar-refractivity contribution in [2.24, 2.45) is 0 Å². The number of hydrogen-bond acceptors (Lipinski definition) is 3. The zero-order valence-corrected chi connectivity index (χ0v) is 9.54. The van der Waals surface area contributed by atoms with Gasteiger partial charge in [0.05, 0.1) is 0 Å². The van der Waals surface area contributed by atoms with Gasteiger partial charge in [0, 0.05) is 17.4 Å². The molecule has 0 bridgehead atoms. The van der Waals surface area contributed by atoms with Crippen molar-refractivity contribution in [2.45, 2.75) is 23.9 Å². The summed E-state index contributed by atoms with van der Waals surface area (Å²) in [5.41, 5.74) is 0.912. The zero-order valence-electron chi connectivity index (χ0n) is 8.72. The SMILES string of the molecule is C[C@H]1Cn2c(nnc2-c2ccc(F)cc2)S1. The molecule has 16 heavy (non-hydrogen) atoms. The Labute approximate surface area is 96.7 Å².